The molecule has 0 spiro atoms. The van der Waals surface area contributed by atoms with Crippen molar-refractivity contribution in [3.63, 3.8) is 0 Å². The van der Waals surface area contributed by atoms with Crippen LogP contribution in [0.3, 0.4) is 0 Å². The number of nitrogens with zero attached hydrogens (tertiary/aromatic N) is 4. The van der Waals surface area contributed by atoms with Crippen LogP contribution in [-0.2, 0) is 12.7 Å². The number of halogens is 3. The lowest BCUT2D eigenvalue weighted by atomic mass is 9.91. The molecule has 3 heterocycles. The first-order valence-corrected chi connectivity index (χ1v) is 9.99. The van der Waals surface area contributed by atoms with Crippen molar-refractivity contribution in [2.45, 2.75) is 57.4 Å². The molecule has 2 N–H and O–H groups in total. The van der Waals surface area contributed by atoms with Gasteiger partial charge in [0, 0.05) is 31.0 Å². The predicted octanol–water partition coefficient (Wildman–Crippen LogP) is 3.72. The van der Waals surface area contributed by atoms with Gasteiger partial charge in [-0.1, -0.05) is 6.07 Å². The standard InChI is InChI=1S/C20H23F3N6O/c1-2-29-15(10-11-24-29)19(30)26-14-8-6-13(7-9-14)25-17-4-3-5-18-27-16(12-28(17)18)20(21,22)23/h3-5,10-14,25H,2,6-9H2,1H3,(H,26,30)/t13-,14+. The minimum Gasteiger partial charge on any atom is -0.368 e. The fraction of sp³-hybridized carbons (Fsp3) is 0.450. The van der Waals surface area contributed by atoms with Crippen molar-refractivity contribution >= 4 is 17.4 Å². The molecule has 160 valence electrons. The van der Waals surface area contributed by atoms with E-state index >= 15 is 0 Å². The maximum absolute atomic E-state index is 13.0. The summed E-state index contributed by atoms with van der Waals surface area (Å²) < 4.78 is 42.0. The normalized spacial score (nSPS) is 19.7. The van der Waals surface area contributed by atoms with Gasteiger partial charge < -0.3 is 10.6 Å². The lowest BCUT2D eigenvalue weighted by molar-refractivity contribution is -0.140. The highest BCUT2D eigenvalue weighted by atomic mass is 19.4. The van der Waals surface area contributed by atoms with Gasteiger partial charge in [-0.25, -0.2) is 4.98 Å². The van der Waals surface area contributed by atoms with Gasteiger partial charge in [-0.3, -0.25) is 13.9 Å². The van der Waals surface area contributed by atoms with Crippen LogP contribution < -0.4 is 10.6 Å². The van der Waals surface area contributed by atoms with Crippen LogP contribution in [0.4, 0.5) is 19.0 Å². The van der Waals surface area contributed by atoms with E-state index in [0.717, 1.165) is 31.9 Å². The molecule has 7 nitrogen and oxygen atoms in total. The number of pyridine rings is 1. The molecule has 0 aromatic carbocycles. The number of carbonyl (C=O) groups is 1. The Labute approximate surface area is 171 Å². The SMILES string of the molecule is CCn1nccc1C(=O)N[C@H]1CC[C@@H](Nc2cccc3nc(C(F)(F)F)cn23)CC1. The van der Waals surface area contributed by atoms with E-state index in [0.29, 0.717) is 18.1 Å². The highest BCUT2D eigenvalue weighted by molar-refractivity contribution is 5.92. The Kier molecular flexibility index (Phi) is 5.40. The van der Waals surface area contributed by atoms with Crippen LogP contribution in [0.25, 0.3) is 5.65 Å². The highest BCUT2D eigenvalue weighted by Gasteiger charge is 2.34. The number of rotatable bonds is 5. The number of fused-ring (bicyclic) bond motifs is 1. The third-order valence-electron chi connectivity index (χ3n) is 5.45. The molecule has 1 aliphatic rings. The van der Waals surface area contributed by atoms with E-state index in [9.17, 15) is 18.0 Å². The molecule has 4 rings (SSSR count). The molecule has 1 fully saturated rings. The number of alkyl halides is 3. The summed E-state index contributed by atoms with van der Waals surface area (Å²) in [6.07, 6.45) is 1.33. The number of nitrogens with one attached hydrogen (secondary N) is 2. The van der Waals surface area contributed by atoms with E-state index in [2.05, 4.69) is 20.7 Å². The van der Waals surface area contributed by atoms with Gasteiger partial charge in [-0.2, -0.15) is 18.3 Å². The minimum absolute atomic E-state index is 0.0663. The number of imidazole rings is 1. The van der Waals surface area contributed by atoms with Crippen molar-refractivity contribution in [2.75, 3.05) is 5.32 Å². The molecule has 30 heavy (non-hydrogen) atoms. The van der Waals surface area contributed by atoms with Crippen molar-refractivity contribution in [2.24, 2.45) is 0 Å². The van der Waals surface area contributed by atoms with Crippen molar-refractivity contribution in [1.82, 2.24) is 24.5 Å². The number of aryl methyl sites for hydroxylation is 1. The van der Waals surface area contributed by atoms with Gasteiger partial charge >= 0.3 is 6.18 Å². The highest BCUT2D eigenvalue weighted by Crippen LogP contribution is 2.30. The van der Waals surface area contributed by atoms with Crippen molar-refractivity contribution in [3.8, 4) is 0 Å². The van der Waals surface area contributed by atoms with Crippen molar-refractivity contribution in [3.05, 3.63) is 48.0 Å². The van der Waals surface area contributed by atoms with Gasteiger partial charge in [0.1, 0.15) is 17.2 Å². The van der Waals surface area contributed by atoms with E-state index in [1.54, 1.807) is 35.1 Å². The average Bonchev–Trinajstić information content (AvgIpc) is 3.36. The average molecular weight is 420 g/mol. The van der Waals surface area contributed by atoms with E-state index in [1.807, 2.05) is 6.92 Å². The number of amides is 1. The molecule has 1 saturated carbocycles. The first kappa shape index (κ1) is 20.2. The Morgan fingerprint density at radius 3 is 2.60 bits per heavy atom. The number of anilines is 1. The predicted molar refractivity (Wildman–Crippen MR) is 105 cm³/mol. The first-order chi connectivity index (χ1) is 14.3. The quantitative estimate of drug-likeness (QED) is 0.660. The molecular weight excluding hydrogens is 397 g/mol. The summed E-state index contributed by atoms with van der Waals surface area (Å²) in [4.78, 5) is 16.1. The maximum atomic E-state index is 13.0. The second-order valence-electron chi connectivity index (χ2n) is 7.46. The molecule has 1 amide bonds. The van der Waals surface area contributed by atoms with Crippen molar-refractivity contribution in [1.29, 1.82) is 0 Å². The smallest absolute Gasteiger partial charge is 0.368 e. The van der Waals surface area contributed by atoms with Crippen LogP contribution in [0.15, 0.2) is 36.7 Å². The van der Waals surface area contributed by atoms with Gasteiger partial charge in [0.25, 0.3) is 5.91 Å². The maximum Gasteiger partial charge on any atom is 0.434 e. The van der Waals surface area contributed by atoms with Crippen LogP contribution in [0, 0.1) is 0 Å². The van der Waals surface area contributed by atoms with E-state index in [-0.39, 0.29) is 23.6 Å². The van der Waals surface area contributed by atoms with Gasteiger partial charge in [0.2, 0.25) is 0 Å². The zero-order chi connectivity index (χ0) is 21.3. The van der Waals surface area contributed by atoms with Crippen molar-refractivity contribution < 1.29 is 18.0 Å². The van der Waals surface area contributed by atoms with Crippen LogP contribution in [0.2, 0.25) is 0 Å². The monoisotopic (exact) mass is 420 g/mol. The van der Waals surface area contributed by atoms with Gasteiger partial charge in [0.15, 0.2) is 5.69 Å². The molecule has 0 bridgehead atoms. The Morgan fingerprint density at radius 1 is 1.17 bits per heavy atom. The lowest BCUT2D eigenvalue weighted by Crippen LogP contribution is -2.41. The van der Waals surface area contributed by atoms with E-state index in [4.69, 9.17) is 0 Å². The molecular formula is C20H23F3N6O. The molecule has 0 unspecified atom stereocenters. The molecule has 0 radical (unpaired) electrons. The van der Waals surface area contributed by atoms with Crippen LogP contribution in [0.5, 0.6) is 0 Å². The van der Waals surface area contributed by atoms with Crippen LogP contribution in [-0.4, -0.2) is 37.2 Å². The number of hydrogen-bond donors (Lipinski definition) is 2. The third kappa shape index (κ3) is 4.12. The molecule has 0 saturated heterocycles. The Morgan fingerprint density at radius 2 is 1.90 bits per heavy atom. The second-order valence-corrected chi connectivity index (χ2v) is 7.46. The van der Waals surface area contributed by atoms with E-state index < -0.39 is 11.9 Å². The number of hydrogen-bond acceptors (Lipinski definition) is 4. The Hall–Kier alpha value is -3.04. The Balaban J connectivity index is 1.37. The first-order valence-electron chi connectivity index (χ1n) is 9.99. The fourth-order valence-corrected chi connectivity index (χ4v) is 3.89. The van der Waals surface area contributed by atoms with E-state index in [1.165, 1.54) is 4.40 Å². The van der Waals surface area contributed by atoms with Gasteiger partial charge in [0.05, 0.1) is 0 Å². The number of aromatic nitrogens is 4. The zero-order valence-corrected chi connectivity index (χ0v) is 16.5. The molecule has 3 aromatic heterocycles. The summed E-state index contributed by atoms with van der Waals surface area (Å²) in [5, 5.41) is 10.5. The second kappa shape index (κ2) is 8.00. The molecule has 10 heteroatoms. The minimum atomic E-state index is -4.48. The number of carbonyl (C=O) groups excluding carboxylic acids is 1. The third-order valence-corrected chi connectivity index (χ3v) is 5.45. The molecule has 0 aliphatic heterocycles. The topological polar surface area (TPSA) is 76.2 Å². The summed E-state index contributed by atoms with van der Waals surface area (Å²) in [6, 6.07) is 6.86. The van der Waals surface area contributed by atoms with Crippen LogP contribution in [0.1, 0.15) is 48.8 Å². The summed E-state index contributed by atoms with van der Waals surface area (Å²) in [7, 11) is 0. The summed E-state index contributed by atoms with van der Waals surface area (Å²) >= 11 is 0. The lowest BCUT2D eigenvalue weighted by Gasteiger charge is -2.30. The molecule has 1 aliphatic carbocycles. The molecule has 0 atom stereocenters. The summed E-state index contributed by atoms with van der Waals surface area (Å²) in [5.41, 5.74) is -0.111. The van der Waals surface area contributed by atoms with Gasteiger partial charge in [-0.15, -0.1) is 0 Å². The Bertz CT molecular complexity index is 1030. The largest absolute Gasteiger partial charge is 0.434 e. The van der Waals surface area contributed by atoms with Gasteiger partial charge in [-0.05, 0) is 50.8 Å². The zero-order valence-electron chi connectivity index (χ0n) is 16.5. The summed E-state index contributed by atoms with van der Waals surface area (Å²) in [6.45, 7) is 2.56. The fourth-order valence-electron chi connectivity index (χ4n) is 3.89. The van der Waals surface area contributed by atoms with Crippen LogP contribution >= 0.6 is 0 Å². The summed E-state index contributed by atoms with van der Waals surface area (Å²) in [5.74, 6) is 0.448. The molecule has 3 aromatic rings.